The topological polar surface area (TPSA) is 129 Å². The first kappa shape index (κ1) is 25.4. The zero-order chi connectivity index (χ0) is 25.9. The Morgan fingerprint density at radius 3 is 2.72 bits per heavy atom. The summed E-state index contributed by atoms with van der Waals surface area (Å²) in [5.41, 5.74) is 2.17. The number of hydrogen-bond acceptors (Lipinski definition) is 7. The molecular formula is C26H32FN7O2. The summed E-state index contributed by atoms with van der Waals surface area (Å²) in [4.78, 5) is 26.3. The van der Waals surface area contributed by atoms with Crippen molar-refractivity contribution in [3.63, 3.8) is 0 Å². The molecule has 0 unspecified atom stereocenters. The molecule has 0 aliphatic heterocycles. The predicted octanol–water partition coefficient (Wildman–Crippen LogP) is 3.44. The van der Waals surface area contributed by atoms with E-state index in [2.05, 4.69) is 25.6 Å². The molecule has 36 heavy (non-hydrogen) atoms. The molecule has 0 radical (unpaired) electrons. The third-order valence-corrected chi connectivity index (χ3v) is 6.55. The SMILES string of the molecule is Cn1c(C2CCCC2)nc2ncnc(C(=O)NCc3cc(F)cc(/C(C=N)=C/NC(C)(C)CO)c3)c21. The van der Waals surface area contributed by atoms with Crippen LogP contribution in [0.15, 0.2) is 30.7 Å². The van der Waals surface area contributed by atoms with Gasteiger partial charge in [-0.25, -0.2) is 19.3 Å². The van der Waals surface area contributed by atoms with E-state index in [0.717, 1.165) is 24.9 Å². The van der Waals surface area contributed by atoms with Gasteiger partial charge in [0.1, 0.15) is 23.5 Å². The van der Waals surface area contributed by atoms with E-state index in [4.69, 9.17) is 5.41 Å². The maximum atomic E-state index is 14.4. The van der Waals surface area contributed by atoms with Gasteiger partial charge in [-0.05, 0) is 56.0 Å². The molecule has 1 aromatic carbocycles. The Labute approximate surface area is 209 Å². The van der Waals surface area contributed by atoms with Crippen LogP contribution in [-0.2, 0) is 13.6 Å². The second kappa shape index (κ2) is 10.5. The molecule has 10 heteroatoms. The number of aliphatic hydroxyl groups excluding tert-OH is 1. The Morgan fingerprint density at radius 1 is 1.28 bits per heavy atom. The molecule has 190 valence electrons. The van der Waals surface area contributed by atoms with Crippen LogP contribution in [0.25, 0.3) is 16.7 Å². The van der Waals surface area contributed by atoms with Crippen LogP contribution in [-0.4, -0.2) is 48.9 Å². The molecule has 0 saturated heterocycles. The highest BCUT2D eigenvalue weighted by molar-refractivity contribution is 6.08. The van der Waals surface area contributed by atoms with Gasteiger partial charge in [-0.1, -0.05) is 12.8 Å². The molecule has 4 N–H and O–H groups in total. The Kier molecular flexibility index (Phi) is 7.44. The van der Waals surface area contributed by atoms with Crippen LogP contribution in [0, 0.1) is 11.2 Å². The van der Waals surface area contributed by atoms with Gasteiger partial charge >= 0.3 is 0 Å². The quantitative estimate of drug-likeness (QED) is 0.338. The van der Waals surface area contributed by atoms with Crippen molar-refractivity contribution < 1.29 is 14.3 Å². The third-order valence-electron chi connectivity index (χ3n) is 6.55. The summed E-state index contributed by atoms with van der Waals surface area (Å²) in [5, 5.41) is 23.0. The minimum atomic E-state index is -0.593. The maximum Gasteiger partial charge on any atom is 0.272 e. The molecular weight excluding hydrogens is 461 g/mol. The molecule has 3 aromatic rings. The summed E-state index contributed by atoms with van der Waals surface area (Å²) in [5.74, 6) is 0.404. The number of nitrogens with zero attached hydrogens (tertiary/aromatic N) is 4. The van der Waals surface area contributed by atoms with E-state index in [1.807, 2.05) is 11.6 Å². The lowest BCUT2D eigenvalue weighted by Crippen LogP contribution is -2.39. The number of halogens is 1. The second-order valence-corrected chi connectivity index (χ2v) is 9.87. The fraction of sp³-hybridized carbons (Fsp3) is 0.423. The first-order valence-corrected chi connectivity index (χ1v) is 12.1. The minimum Gasteiger partial charge on any atom is -0.394 e. The third kappa shape index (κ3) is 5.43. The molecule has 1 fully saturated rings. The normalized spacial score (nSPS) is 14.9. The second-order valence-electron chi connectivity index (χ2n) is 9.87. The lowest BCUT2D eigenvalue weighted by molar-refractivity contribution is 0.0947. The van der Waals surface area contributed by atoms with Crippen molar-refractivity contribution >= 4 is 28.9 Å². The lowest BCUT2D eigenvalue weighted by atomic mass is 10.0. The number of carbonyl (C=O) groups is 1. The van der Waals surface area contributed by atoms with Gasteiger partial charge in [0.15, 0.2) is 11.3 Å². The van der Waals surface area contributed by atoms with Crippen molar-refractivity contribution in [3.8, 4) is 0 Å². The van der Waals surface area contributed by atoms with Crippen LogP contribution in [0.3, 0.4) is 0 Å². The summed E-state index contributed by atoms with van der Waals surface area (Å²) in [6, 6.07) is 4.38. The van der Waals surface area contributed by atoms with Gasteiger partial charge in [0.2, 0.25) is 0 Å². The van der Waals surface area contributed by atoms with Crippen LogP contribution in [0.2, 0.25) is 0 Å². The summed E-state index contributed by atoms with van der Waals surface area (Å²) < 4.78 is 16.3. The summed E-state index contributed by atoms with van der Waals surface area (Å²) in [6.45, 7) is 3.58. The molecule has 1 saturated carbocycles. The molecule has 2 heterocycles. The van der Waals surface area contributed by atoms with E-state index in [9.17, 15) is 14.3 Å². The average Bonchev–Trinajstić information content (AvgIpc) is 3.51. The van der Waals surface area contributed by atoms with Crippen molar-refractivity contribution in [2.75, 3.05) is 6.61 Å². The van der Waals surface area contributed by atoms with Crippen LogP contribution >= 0.6 is 0 Å². The number of benzene rings is 1. The number of fused-ring (bicyclic) bond motifs is 1. The number of allylic oxidation sites excluding steroid dienone is 1. The molecule has 1 aliphatic carbocycles. The molecule has 0 bridgehead atoms. The fourth-order valence-corrected chi connectivity index (χ4v) is 4.49. The molecule has 4 rings (SSSR count). The maximum absolute atomic E-state index is 14.4. The van der Waals surface area contributed by atoms with Crippen LogP contribution in [0.1, 0.15) is 72.9 Å². The largest absolute Gasteiger partial charge is 0.394 e. The van der Waals surface area contributed by atoms with Gasteiger partial charge in [-0.2, -0.15) is 0 Å². The zero-order valence-corrected chi connectivity index (χ0v) is 20.8. The summed E-state index contributed by atoms with van der Waals surface area (Å²) >= 11 is 0. The molecule has 2 aromatic heterocycles. The van der Waals surface area contributed by atoms with Crippen molar-refractivity contribution in [2.24, 2.45) is 7.05 Å². The van der Waals surface area contributed by atoms with Gasteiger partial charge < -0.3 is 25.7 Å². The van der Waals surface area contributed by atoms with Crippen LogP contribution in [0.4, 0.5) is 4.39 Å². The molecule has 1 aliphatic rings. The van der Waals surface area contributed by atoms with Crippen molar-refractivity contribution in [2.45, 2.75) is 57.5 Å². The van der Waals surface area contributed by atoms with Crippen LogP contribution < -0.4 is 10.6 Å². The van der Waals surface area contributed by atoms with Gasteiger partial charge in [0, 0.05) is 37.5 Å². The molecule has 1 amide bonds. The van der Waals surface area contributed by atoms with E-state index in [-0.39, 0.29) is 18.8 Å². The lowest BCUT2D eigenvalue weighted by Gasteiger charge is -2.22. The molecule has 0 atom stereocenters. The minimum absolute atomic E-state index is 0.0727. The molecule has 9 nitrogen and oxygen atoms in total. The monoisotopic (exact) mass is 493 g/mol. The number of imidazole rings is 1. The van der Waals surface area contributed by atoms with Gasteiger partial charge in [-0.3, -0.25) is 4.79 Å². The first-order valence-electron chi connectivity index (χ1n) is 12.1. The highest BCUT2D eigenvalue weighted by atomic mass is 19.1. The Morgan fingerprint density at radius 2 is 2.03 bits per heavy atom. The van der Waals surface area contributed by atoms with E-state index in [1.165, 1.54) is 31.3 Å². The van der Waals surface area contributed by atoms with Gasteiger partial charge in [0.05, 0.1) is 12.1 Å². The Hall–Kier alpha value is -3.66. The predicted molar refractivity (Wildman–Crippen MR) is 136 cm³/mol. The van der Waals surface area contributed by atoms with E-state index in [1.54, 1.807) is 26.1 Å². The number of amides is 1. The highest BCUT2D eigenvalue weighted by Crippen LogP contribution is 2.34. The van der Waals surface area contributed by atoms with E-state index >= 15 is 0 Å². The first-order chi connectivity index (χ1) is 17.2. The van der Waals surface area contributed by atoms with Crippen molar-refractivity contribution in [3.05, 3.63) is 59.2 Å². The fourth-order valence-electron chi connectivity index (χ4n) is 4.49. The van der Waals surface area contributed by atoms with Gasteiger partial charge in [0.25, 0.3) is 5.91 Å². The number of hydrogen-bond donors (Lipinski definition) is 4. The number of aryl methyl sites for hydroxylation is 1. The zero-order valence-electron chi connectivity index (χ0n) is 20.8. The van der Waals surface area contributed by atoms with Crippen LogP contribution in [0.5, 0.6) is 0 Å². The van der Waals surface area contributed by atoms with Gasteiger partial charge in [-0.15, -0.1) is 0 Å². The number of aromatic nitrogens is 4. The number of carbonyl (C=O) groups excluding carboxylic acids is 1. The smallest absolute Gasteiger partial charge is 0.272 e. The van der Waals surface area contributed by atoms with Crippen molar-refractivity contribution in [1.82, 2.24) is 30.2 Å². The highest BCUT2D eigenvalue weighted by Gasteiger charge is 2.25. The standard InChI is InChI=1S/C26H32FN7O2/c1-26(2,14-35)32-13-19(11-28)18-8-16(9-20(27)10-18)12-29-25(36)21-22-23(31-15-30-21)33-24(34(22)3)17-6-4-5-7-17/h8-11,13,15,17,28,32,35H,4-7,12,14H2,1-3H3,(H,29,36)/b19-13+,28-11?. The number of aliphatic hydroxyl groups is 1. The summed E-state index contributed by atoms with van der Waals surface area (Å²) in [7, 11) is 1.89. The number of rotatable bonds is 9. The van der Waals surface area contributed by atoms with E-state index in [0.29, 0.717) is 33.8 Å². The van der Waals surface area contributed by atoms with E-state index < -0.39 is 17.3 Å². The Bertz CT molecular complexity index is 1310. The number of nitrogens with one attached hydrogen (secondary N) is 3. The average molecular weight is 494 g/mol. The Balaban J connectivity index is 1.54. The van der Waals surface area contributed by atoms with Crippen molar-refractivity contribution in [1.29, 1.82) is 5.41 Å². The summed E-state index contributed by atoms with van der Waals surface area (Å²) in [6.07, 6.45) is 8.52. The molecule has 0 spiro atoms.